The monoisotopic (exact) mass is 364 g/mol. The van der Waals surface area contributed by atoms with E-state index in [1.54, 1.807) is 0 Å². The molecule has 0 unspecified atom stereocenters. The summed E-state index contributed by atoms with van der Waals surface area (Å²) < 4.78 is 0.505. The van der Waals surface area contributed by atoms with Gasteiger partial charge in [-0.3, -0.25) is 0 Å². The van der Waals surface area contributed by atoms with E-state index < -0.39 is 0 Å². The SMILES string of the molecule is CC1(C)CCCCCC(C)(C)CCC(C)(I)CC1. The molecule has 0 spiro atoms. The van der Waals surface area contributed by atoms with Gasteiger partial charge in [0, 0.05) is 3.42 Å². The van der Waals surface area contributed by atoms with Crippen molar-refractivity contribution >= 4 is 22.6 Å². The summed E-state index contributed by atoms with van der Waals surface area (Å²) in [6, 6.07) is 0. The molecule has 108 valence electrons. The third kappa shape index (κ3) is 6.77. The molecule has 0 N–H and O–H groups in total. The van der Waals surface area contributed by atoms with Crippen molar-refractivity contribution in [3.63, 3.8) is 0 Å². The summed E-state index contributed by atoms with van der Waals surface area (Å²) >= 11 is 2.72. The smallest absolute Gasteiger partial charge is 0.0194 e. The predicted octanol–water partition coefficient (Wildman–Crippen LogP) is 6.76. The van der Waals surface area contributed by atoms with Crippen LogP contribution in [0.15, 0.2) is 0 Å². The molecule has 0 bridgehead atoms. The van der Waals surface area contributed by atoms with Crippen molar-refractivity contribution in [2.45, 2.75) is 95.8 Å². The minimum absolute atomic E-state index is 0.505. The van der Waals surface area contributed by atoms with Crippen molar-refractivity contribution in [2.24, 2.45) is 10.8 Å². The Hall–Kier alpha value is 0.730. The zero-order valence-electron chi connectivity index (χ0n) is 13.2. The van der Waals surface area contributed by atoms with E-state index in [0.717, 1.165) is 0 Å². The minimum Gasteiger partial charge on any atom is -0.0792 e. The standard InChI is InChI=1S/C17H33I/c1-15(2)9-7-6-8-10-16(3,4)12-14-17(5,18)13-11-15/h6-14H2,1-5H3. The molecule has 1 saturated carbocycles. The molecule has 0 aromatic rings. The van der Waals surface area contributed by atoms with Crippen LogP contribution in [0.2, 0.25) is 0 Å². The maximum atomic E-state index is 2.72. The van der Waals surface area contributed by atoms with E-state index in [1.807, 2.05) is 0 Å². The van der Waals surface area contributed by atoms with Gasteiger partial charge >= 0.3 is 0 Å². The summed E-state index contributed by atoms with van der Waals surface area (Å²) in [5.41, 5.74) is 1.11. The highest BCUT2D eigenvalue weighted by Crippen LogP contribution is 2.41. The first-order valence-corrected chi connectivity index (χ1v) is 8.89. The van der Waals surface area contributed by atoms with Gasteiger partial charge in [0.05, 0.1) is 0 Å². The molecule has 1 aliphatic carbocycles. The molecule has 0 saturated heterocycles. The van der Waals surface area contributed by atoms with Gasteiger partial charge in [-0.15, -0.1) is 0 Å². The van der Waals surface area contributed by atoms with E-state index in [-0.39, 0.29) is 0 Å². The molecule has 0 aromatic heterocycles. The van der Waals surface area contributed by atoms with E-state index in [2.05, 4.69) is 57.2 Å². The first kappa shape index (κ1) is 16.8. The van der Waals surface area contributed by atoms with Crippen LogP contribution in [0, 0.1) is 10.8 Å². The lowest BCUT2D eigenvalue weighted by molar-refractivity contribution is 0.234. The topological polar surface area (TPSA) is 0 Å². The third-order valence-corrected chi connectivity index (χ3v) is 5.93. The number of rotatable bonds is 0. The van der Waals surface area contributed by atoms with Crippen molar-refractivity contribution in [1.82, 2.24) is 0 Å². The Balaban J connectivity index is 2.63. The van der Waals surface area contributed by atoms with E-state index in [4.69, 9.17) is 0 Å². The highest BCUT2D eigenvalue weighted by Gasteiger charge is 2.29. The molecule has 1 aliphatic rings. The van der Waals surface area contributed by atoms with Gasteiger partial charge in [-0.1, -0.05) is 76.5 Å². The number of hydrogen-bond acceptors (Lipinski definition) is 0. The molecule has 0 nitrogen and oxygen atoms in total. The Morgan fingerprint density at radius 2 is 0.944 bits per heavy atom. The van der Waals surface area contributed by atoms with Gasteiger partial charge < -0.3 is 0 Å². The molecule has 1 heteroatoms. The number of halogens is 1. The average Bonchev–Trinajstić information content (AvgIpc) is 2.23. The fourth-order valence-electron chi connectivity index (χ4n) is 2.96. The molecule has 0 aliphatic heterocycles. The van der Waals surface area contributed by atoms with E-state index in [0.29, 0.717) is 14.3 Å². The summed E-state index contributed by atoms with van der Waals surface area (Å²) in [7, 11) is 0. The highest BCUT2D eigenvalue weighted by atomic mass is 127. The molecule has 0 aromatic carbocycles. The van der Waals surface area contributed by atoms with Crippen LogP contribution < -0.4 is 0 Å². The van der Waals surface area contributed by atoms with Crippen molar-refractivity contribution in [3.05, 3.63) is 0 Å². The van der Waals surface area contributed by atoms with Gasteiger partial charge in [0.25, 0.3) is 0 Å². The van der Waals surface area contributed by atoms with Crippen LogP contribution in [-0.4, -0.2) is 3.42 Å². The van der Waals surface area contributed by atoms with Crippen molar-refractivity contribution in [1.29, 1.82) is 0 Å². The minimum atomic E-state index is 0.505. The second kappa shape index (κ2) is 6.45. The van der Waals surface area contributed by atoms with Crippen LogP contribution in [0.4, 0.5) is 0 Å². The van der Waals surface area contributed by atoms with Gasteiger partial charge in [0.2, 0.25) is 0 Å². The third-order valence-electron chi connectivity index (χ3n) is 4.85. The van der Waals surface area contributed by atoms with Crippen LogP contribution >= 0.6 is 22.6 Å². The van der Waals surface area contributed by atoms with Crippen molar-refractivity contribution < 1.29 is 0 Å². The molecule has 1 rings (SSSR count). The molecule has 1 fully saturated rings. The van der Waals surface area contributed by atoms with Crippen molar-refractivity contribution in [3.8, 4) is 0 Å². The second-order valence-corrected chi connectivity index (χ2v) is 10.9. The highest BCUT2D eigenvalue weighted by molar-refractivity contribution is 14.1. The van der Waals surface area contributed by atoms with Gasteiger partial charge in [0.1, 0.15) is 0 Å². The Labute approximate surface area is 129 Å². The summed E-state index contributed by atoms with van der Waals surface area (Å²) in [6.07, 6.45) is 12.7. The summed E-state index contributed by atoms with van der Waals surface area (Å²) in [5, 5.41) is 0. The molecule has 0 heterocycles. The maximum Gasteiger partial charge on any atom is 0.0194 e. The lowest BCUT2D eigenvalue weighted by Crippen LogP contribution is -2.24. The molecule has 0 amide bonds. The van der Waals surface area contributed by atoms with E-state index in [9.17, 15) is 0 Å². The fraction of sp³-hybridized carbons (Fsp3) is 1.00. The maximum absolute atomic E-state index is 2.72. The van der Waals surface area contributed by atoms with E-state index >= 15 is 0 Å². The summed E-state index contributed by atoms with van der Waals surface area (Å²) in [6.45, 7) is 12.3. The van der Waals surface area contributed by atoms with Crippen LogP contribution in [0.3, 0.4) is 0 Å². The first-order valence-electron chi connectivity index (χ1n) is 7.81. The molecular weight excluding hydrogens is 331 g/mol. The van der Waals surface area contributed by atoms with Crippen molar-refractivity contribution in [2.75, 3.05) is 0 Å². The molecule has 0 atom stereocenters. The van der Waals surface area contributed by atoms with Crippen LogP contribution in [0.25, 0.3) is 0 Å². The van der Waals surface area contributed by atoms with Gasteiger partial charge in [0.15, 0.2) is 0 Å². The van der Waals surface area contributed by atoms with Gasteiger partial charge in [-0.2, -0.15) is 0 Å². The second-order valence-electron chi connectivity index (χ2n) is 8.30. The number of hydrogen-bond donors (Lipinski definition) is 0. The molecule has 0 radical (unpaired) electrons. The van der Waals surface area contributed by atoms with Gasteiger partial charge in [-0.25, -0.2) is 0 Å². The first-order chi connectivity index (χ1) is 8.12. The predicted molar refractivity (Wildman–Crippen MR) is 91.5 cm³/mol. The van der Waals surface area contributed by atoms with Gasteiger partial charge in [-0.05, 0) is 49.4 Å². The zero-order valence-corrected chi connectivity index (χ0v) is 15.4. The quantitative estimate of drug-likeness (QED) is 0.329. The van der Waals surface area contributed by atoms with Crippen LogP contribution in [0.1, 0.15) is 92.4 Å². The largest absolute Gasteiger partial charge is 0.0792 e. The number of alkyl halides is 1. The Bertz CT molecular complexity index is 226. The lowest BCUT2D eigenvalue weighted by atomic mass is 9.75. The molecular formula is C17H33I. The molecule has 18 heavy (non-hydrogen) atoms. The Kier molecular flexibility index (Phi) is 6.02. The summed E-state index contributed by atoms with van der Waals surface area (Å²) in [4.78, 5) is 0. The normalized spacial score (nSPS) is 29.0. The van der Waals surface area contributed by atoms with Crippen LogP contribution in [-0.2, 0) is 0 Å². The summed E-state index contributed by atoms with van der Waals surface area (Å²) in [5.74, 6) is 0. The Morgan fingerprint density at radius 3 is 1.33 bits per heavy atom. The lowest BCUT2D eigenvalue weighted by Gasteiger charge is -2.34. The van der Waals surface area contributed by atoms with E-state index in [1.165, 1.54) is 57.8 Å². The van der Waals surface area contributed by atoms with Crippen LogP contribution in [0.5, 0.6) is 0 Å². The Morgan fingerprint density at radius 1 is 0.556 bits per heavy atom. The average molecular weight is 364 g/mol. The zero-order chi connectivity index (χ0) is 13.9. The fourth-order valence-corrected chi connectivity index (χ4v) is 3.50.